The second kappa shape index (κ2) is 6.56. The van der Waals surface area contributed by atoms with Gasteiger partial charge in [-0.3, -0.25) is 24.2 Å². The van der Waals surface area contributed by atoms with Gasteiger partial charge < -0.3 is 5.11 Å². The van der Waals surface area contributed by atoms with E-state index in [2.05, 4.69) is 0 Å². The molecular formula is C15H24N2O4. The van der Waals surface area contributed by atoms with Gasteiger partial charge in [0.25, 0.3) is 0 Å². The van der Waals surface area contributed by atoms with Crippen LogP contribution < -0.4 is 0 Å². The van der Waals surface area contributed by atoms with Crippen molar-refractivity contribution < 1.29 is 19.5 Å². The maximum atomic E-state index is 12.6. The van der Waals surface area contributed by atoms with Crippen LogP contribution in [0.3, 0.4) is 0 Å². The van der Waals surface area contributed by atoms with Crippen LogP contribution in [0.2, 0.25) is 0 Å². The van der Waals surface area contributed by atoms with Gasteiger partial charge in [-0.25, -0.2) is 0 Å². The minimum atomic E-state index is -0.884. The number of imide groups is 1. The molecule has 0 spiro atoms. The van der Waals surface area contributed by atoms with Crippen molar-refractivity contribution in [1.29, 1.82) is 0 Å². The van der Waals surface area contributed by atoms with Gasteiger partial charge in [0.1, 0.15) is 0 Å². The molecule has 2 amide bonds. The van der Waals surface area contributed by atoms with Gasteiger partial charge in [-0.1, -0.05) is 19.8 Å². The normalized spacial score (nSPS) is 25.1. The van der Waals surface area contributed by atoms with Crippen molar-refractivity contribution in [3.8, 4) is 0 Å². The lowest BCUT2D eigenvalue weighted by Crippen LogP contribution is -2.48. The average molecular weight is 296 g/mol. The predicted molar refractivity (Wildman–Crippen MR) is 76.6 cm³/mol. The third-order valence-electron chi connectivity index (χ3n) is 4.65. The third kappa shape index (κ3) is 3.26. The highest BCUT2D eigenvalue weighted by atomic mass is 16.4. The van der Waals surface area contributed by atoms with Gasteiger partial charge in [0, 0.05) is 12.1 Å². The fourth-order valence-electron chi connectivity index (χ4n) is 3.65. The molecule has 1 aliphatic carbocycles. The molecule has 2 fully saturated rings. The number of rotatable bonds is 6. The van der Waals surface area contributed by atoms with Crippen LogP contribution in [-0.4, -0.2) is 57.4 Å². The molecule has 0 radical (unpaired) electrons. The second-order valence-electron chi connectivity index (χ2n) is 6.04. The lowest BCUT2D eigenvalue weighted by Gasteiger charge is -2.31. The average Bonchev–Trinajstić information content (AvgIpc) is 2.99. The molecule has 1 saturated heterocycles. The van der Waals surface area contributed by atoms with E-state index in [-0.39, 0.29) is 36.7 Å². The van der Waals surface area contributed by atoms with Crippen molar-refractivity contribution in [2.75, 3.05) is 6.54 Å². The first-order valence-electron chi connectivity index (χ1n) is 7.79. The Kier molecular flexibility index (Phi) is 4.98. The summed E-state index contributed by atoms with van der Waals surface area (Å²) in [5.74, 6) is -1.12. The molecule has 0 aromatic carbocycles. The molecule has 1 aliphatic heterocycles. The molecule has 0 aromatic heterocycles. The Labute approximate surface area is 125 Å². The molecule has 6 heteroatoms. The largest absolute Gasteiger partial charge is 0.481 e. The van der Waals surface area contributed by atoms with Crippen molar-refractivity contribution in [2.24, 2.45) is 0 Å². The Bertz CT molecular complexity index is 431. The van der Waals surface area contributed by atoms with E-state index in [0.717, 1.165) is 25.7 Å². The van der Waals surface area contributed by atoms with Gasteiger partial charge in [-0.2, -0.15) is 0 Å². The summed E-state index contributed by atoms with van der Waals surface area (Å²) in [6.45, 7) is 4.26. The number of nitrogens with zero attached hydrogens (tertiary/aromatic N) is 2. The van der Waals surface area contributed by atoms with Gasteiger partial charge in [0.15, 0.2) is 0 Å². The molecular weight excluding hydrogens is 272 g/mol. The quantitative estimate of drug-likeness (QED) is 0.746. The molecule has 0 aromatic rings. The first kappa shape index (κ1) is 15.9. The number of likely N-dealkylation sites (N-methyl/N-ethyl adjacent to an activating group) is 1. The molecule has 118 valence electrons. The second-order valence-corrected chi connectivity index (χ2v) is 6.04. The Morgan fingerprint density at radius 2 is 2.00 bits per heavy atom. The van der Waals surface area contributed by atoms with E-state index in [1.165, 1.54) is 4.90 Å². The predicted octanol–water partition coefficient (Wildman–Crippen LogP) is 1.24. The number of amides is 2. The van der Waals surface area contributed by atoms with E-state index in [9.17, 15) is 14.4 Å². The van der Waals surface area contributed by atoms with E-state index in [1.54, 1.807) is 6.92 Å². The third-order valence-corrected chi connectivity index (χ3v) is 4.65. The van der Waals surface area contributed by atoms with Crippen molar-refractivity contribution >= 4 is 17.8 Å². The maximum Gasteiger partial charge on any atom is 0.304 e. The molecule has 21 heavy (non-hydrogen) atoms. The Morgan fingerprint density at radius 3 is 2.52 bits per heavy atom. The molecule has 2 atom stereocenters. The van der Waals surface area contributed by atoms with Crippen LogP contribution in [0.1, 0.15) is 52.4 Å². The van der Waals surface area contributed by atoms with E-state index < -0.39 is 12.0 Å². The van der Waals surface area contributed by atoms with Gasteiger partial charge in [-0.05, 0) is 26.3 Å². The number of carboxylic acid groups (broad SMARTS) is 1. The Morgan fingerprint density at radius 1 is 1.38 bits per heavy atom. The number of carbonyl (C=O) groups is 3. The van der Waals surface area contributed by atoms with Gasteiger partial charge in [0.2, 0.25) is 11.8 Å². The smallest absolute Gasteiger partial charge is 0.304 e. The maximum absolute atomic E-state index is 12.6. The minimum absolute atomic E-state index is 0.0186. The highest BCUT2D eigenvalue weighted by molar-refractivity contribution is 6.05. The van der Waals surface area contributed by atoms with Crippen molar-refractivity contribution in [1.82, 2.24) is 9.80 Å². The summed E-state index contributed by atoms with van der Waals surface area (Å²) in [6.07, 6.45) is 4.11. The van der Waals surface area contributed by atoms with Crippen LogP contribution in [0.5, 0.6) is 0 Å². The SMILES string of the molecule is CCN(C(C)CC(=O)O)C1CC(=O)N(C2CCCC2)C1=O. The zero-order valence-corrected chi connectivity index (χ0v) is 12.7. The molecule has 1 heterocycles. The Hall–Kier alpha value is -1.43. The van der Waals surface area contributed by atoms with Gasteiger partial charge in [-0.15, -0.1) is 0 Å². The van der Waals surface area contributed by atoms with Gasteiger partial charge in [0.05, 0.1) is 18.9 Å². The highest BCUT2D eigenvalue weighted by Gasteiger charge is 2.46. The first-order valence-corrected chi connectivity index (χ1v) is 7.79. The monoisotopic (exact) mass is 296 g/mol. The van der Waals surface area contributed by atoms with E-state index in [0.29, 0.717) is 6.54 Å². The zero-order valence-electron chi connectivity index (χ0n) is 12.7. The van der Waals surface area contributed by atoms with Crippen LogP contribution in [0.25, 0.3) is 0 Å². The summed E-state index contributed by atoms with van der Waals surface area (Å²) in [6, 6.07) is -0.682. The summed E-state index contributed by atoms with van der Waals surface area (Å²) < 4.78 is 0. The van der Waals surface area contributed by atoms with Crippen LogP contribution >= 0.6 is 0 Å². The number of likely N-dealkylation sites (tertiary alicyclic amines) is 1. The van der Waals surface area contributed by atoms with Gasteiger partial charge >= 0.3 is 5.97 Å². The summed E-state index contributed by atoms with van der Waals surface area (Å²) in [5, 5.41) is 8.92. The topological polar surface area (TPSA) is 77.9 Å². The Balaban J connectivity index is 2.10. The van der Waals surface area contributed by atoms with Crippen molar-refractivity contribution in [2.45, 2.75) is 70.5 Å². The molecule has 2 unspecified atom stereocenters. The fraction of sp³-hybridized carbons (Fsp3) is 0.800. The van der Waals surface area contributed by atoms with Crippen LogP contribution in [0, 0.1) is 0 Å². The lowest BCUT2D eigenvalue weighted by atomic mass is 10.1. The lowest BCUT2D eigenvalue weighted by molar-refractivity contribution is -0.144. The van der Waals surface area contributed by atoms with Crippen LogP contribution in [0.4, 0.5) is 0 Å². The number of aliphatic carboxylic acids is 1. The van der Waals surface area contributed by atoms with E-state index in [4.69, 9.17) is 5.11 Å². The van der Waals surface area contributed by atoms with Crippen molar-refractivity contribution in [3.63, 3.8) is 0 Å². The summed E-state index contributed by atoms with van der Waals surface area (Å²) in [4.78, 5) is 39.0. The van der Waals surface area contributed by atoms with Crippen LogP contribution in [-0.2, 0) is 14.4 Å². The highest BCUT2D eigenvalue weighted by Crippen LogP contribution is 2.30. The molecule has 6 nitrogen and oxygen atoms in total. The standard InChI is InChI=1S/C15H24N2O4/c1-3-16(10(2)8-14(19)20)12-9-13(18)17(15(12)21)11-6-4-5-7-11/h10-12H,3-9H2,1-2H3,(H,19,20). The zero-order chi connectivity index (χ0) is 15.6. The fourth-order valence-corrected chi connectivity index (χ4v) is 3.65. The molecule has 2 aliphatic rings. The molecule has 1 N–H and O–H groups in total. The molecule has 1 saturated carbocycles. The van der Waals surface area contributed by atoms with Crippen molar-refractivity contribution in [3.05, 3.63) is 0 Å². The molecule has 0 bridgehead atoms. The van der Waals surface area contributed by atoms with E-state index in [1.807, 2.05) is 11.8 Å². The minimum Gasteiger partial charge on any atom is -0.481 e. The number of hydrogen-bond acceptors (Lipinski definition) is 4. The molecule has 2 rings (SSSR count). The summed E-state index contributed by atoms with van der Waals surface area (Å²) in [7, 11) is 0. The number of carbonyl (C=O) groups excluding carboxylic acids is 2. The number of hydrogen-bond donors (Lipinski definition) is 1. The van der Waals surface area contributed by atoms with E-state index >= 15 is 0 Å². The first-order chi connectivity index (χ1) is 9.95. The summed E-state index contributed by atoms with van der Waals surface area (Å²) in [5.41, 5.74) is 0. The summed E-state index contributed by atoms with van der Waals surface area (Å²) >= 11 is 0. The van der Waals surface area contributed by atoms with Crippen LogP contribution in [0.15, 0.2) is 0 Å². The number of carboxylic acids is 1.